The van der Waals surface area contributed by atoms with E-state index in [0.29, 0.717) is 30.6 Å². The average molecular weight is 376 g/mol. The molecule has 1 fully saturated rings. The van der Waals surface area contributed by atoms with Gasteiger partial charge in [0.15, 0.2) is 5.78 Å². The second-order valence-corrected chi connectivity index (χ2v) is 6.52. The van der Waals surface area contributed by atoms with E-state index in [1.807, 2.05) is 0 Å². The van der Waals surface area contributed by atoms with Crippen LogP contribution in [0.1, 0.15) is 30.1 Å². The Morgan fingerprint density at radius 3 is 2.56 bits per heavy atom. The van der Waals surface area contributed by atoms with Crippen LogP contribution in [0.5, 0.6) is 0 Å². The van der Waals surface area contributed by atoms with E-state index in [1.165, 1.54) is 4.90 Å². The molecule has 0 bridgehead atoms. The molecule has 0 aromatic heterocycles. The van der Waals surface area contributed by atoms with Gasteiger partial charge < -0.3 is 31.3 Å². The zero-order valence-electron chi connectivity index (χ0n) is 15.2. The summed E-state index contributed by atoms with van der Waals surface area (Å²) in [6.45, 7) is 2.07. The molecule has 0 aliphatic carbocycles. The number of carbonyl (C=O) groups is 3. The third kappa shape index (κ3) is 5.52. The normalized spacial score (nSPS) is 17.3. The number of nitrogens with two attached hydrogens (primary N) is 1. The Hall–Kier alpha value is -2.43. The van der Waals surface area contributed by atoms with Crippen molar-refractivity contribution in [3.05, 3.63) is 29.8 Å². The number of amides is 2. The number of rotatable bonds is 8. The Morgan fingerprint density at radius 2 is 1.96 bits per heavy atom. The minimum atomic E-state index is -1.59. The van der Waals surface area contributed by atoms with Gasteiger partial charge in [-0.15, -0.1) is 0 Å². The van der Waals surface area contributed by atoms with E-state index in [4.69, 9.17) is 5.73 Å². The number of nitrogens with one attached hydrogen (secondary N) is 2. The summed E-state index contributed by atoms with van der Waals surface area (Å²) in [5.74, 6) is -1.53. The van der Waals surface area contributed by atoms with Gasteiger partial charge in [-0.3, -0.25) is 14.4 Å². The molecule has 27 heavy (non-hydrogen) atoms. The first kappa shape index (κ1) is 20.9. The van der Waals surface area contributed by atoms with Crippen LogP contribution in [0.15, 0.2) is 24.3 Å². The van der Waals surface area contributed by atoms with E-state index in [0.717, 1.165) is 0 Å². The van der Waals surface area contributed by atoms with Crippen LogP contribution < -0.4 is 16.4 Å². The van der Waals surface area contributed by atoms with Crippen molar-refractivity contribution in [1.29, 1.82) is 0 Å². The van der Waals surface area contributed by atoms with Crippen molar-refractivity contribution in [2.24, 2.45) is 5.73 Å². The van der Waals surface area contributed by atoms with Crippen LogP contribution in [0.2, 0.25) is 0 Å². The Labute approximate surface area is 158 Å². The molecule has 6 N–H and O–H groups in total. The Kier molecular flexibility index (Phi) is 7.34. The van der Waals surface area contributed by atoms with Crippen LogP contribution in [-0.4, -0.2) is 71.3 Å². The van der Waals surface area contributed by atoms with Gasteiger partial charge in [0.25, 0.3) is 5.91 Å². The number of hydrogen-bond donors (Lipinski definition) is 5. The highest BCUT2D eigenvalue weighted by Crippen LogP contribution is 2.19. The Balaban J connectivity index is 1.92. The number of likely N-dealkylation sites (tertiary alicyclic amines) is 1. The fourth-order valence-corrected chi connectivity index (χ4v) is 2.98. The van der Waals surface area contributed by atoms with Crippen molar-refractivity contribution in [3.8, 4) is 0 Å². The molecule has 10 heteroatoms. The molecular formula is C17H25BN4O5. The second-order valence-electron chi connectivity index (χ2n) is 6.52. The molecule has 9 nitrogen and oxygen atoms in total. The summed E-state index contributed by atoms with van der Waals surface area (Å²) in [6.07, 6.45) is 1.21. The quantitative estimate of drug-likeness (QED) is 0.356. The molecule has 1 aliphatic heterocycles. The van der Waals surface area contributed by atoms with Crippen LogP contribution in [-0.2, 0) is 9.59 Å². The third-order valence-electron chi connectivity index (χ3n) is 4.51. The predicted octanol–water partition coefficient (Wildman–Crippen LogP) is -1.25. The molecule has 0 spiro atoms. The van der Waals surface area contributed by atoms with Crippen molar-refractivity contribution < 1.29 is 24.4 Å². The fourth-order valence-electron chi connectivity index (χ4n) is 2.98. The monoisotopic (exact) mass is 376 g/mol. The molecule has 1 aromatic rings. The maximum atomic E-state index is 12.5. The summed E-state index contributed by atoms with van der Waals surface area (Å²) >= 11 is 0. The molecule has 0 saturated carbocycles. The van der Waals surface area contributed by atoms with Gasteiger partial charge >= 0.3 is 7.12 Å². The first-order chi connectivity index (χ1) is 12.8. The zero-order chi connectivity index (χ0) is 20.0. The van der Waals surface area contributed by atoms with Crippen molar-refractivity contribution >= 4 is 30.4 Å². The first-order valence-electron chi connectivity index (χ1n) is 8.86. The molecule has 2 atom stereocenters. The smallest absolute Gasteiger partial charge is 0.426 e. The van der Waals surface area contributed by atoms with Gasteiger partial charge in [-0.25, -0.2) is 0 Å². The third-order valence-corrected chi connectivity index (χ3v) is 4.51. The fraction of sp³-hybridized carbons (Fsp3) is 0.471. The lowest BCUT2D eigenvalue weighted by Gasteiger charge is -2.27. The van der Waals surface area contributed by atoms with Crippen LogP contribution in [0.25, 0.3) is 0 Å². The van der Waals surface area contributed by atoms with Crippen molar-refractivity contribution in [2.45, 2.75) is 31.7 Å². The number of ketones is 1. The summed E-state index contributed by atoms with van der Waals surface area (Å²) < 4.78 is 0. The van der Waals surface area contributed by atoms with Crippen LogP contribution in [0.4, 0.5) is 5.69 Å². The summed E-state index contributed by atoms with van der Waals surface area (Å²) in [7, 11) is -1.59. The van der Waals surface area contributed by atoms with E-state index < -0.39 is 25.0 Å². The Morgan fingerprint density at radius 1 is 1.30 bits per heavy atom. The molecule has 1 aromatic carbocycles. The SMILES string of the molecule is C[C@@H](NC(=O)c1ccc(NCC(=O)CN)cc1)C(=O)N1CCC[C@H]1B(O)O. The van der Waals surface area contributed by atoms with E-state index in [9.17, 15) is 24.4 Å². The van der Waals surface area contributed by atoms with Crippen molar-refractivity contribution in [3.63, 3.8) is 0 Å². The summed E-state index contributed by atoms with van der Waals surface area (Å²) in [4.78, 5) is 37.4. The molecule has 146 valence electrons. The van der Waals surface area contributed by atoms with Gasteiger partial charge in [0.1, 0.15) is 6.04 Å². The maximum absolute atomic E-state index is 12.5. The van der Waals surface area contributed by atoms with Gasteiger partial charge in [0.2, 0.25) is 5.91 Å². The van der Waals surface area contributed by atoms with Crippen LogP contribution in [0, 0.1) is 0 Å². The molecule has 0 radical (unpaired) electrons. The number of hydrogen-bond acceptors (Lipinski definition) is 7. The van der Waals surface area contributed by atoms with Gasteiger partial charge in [-0.1, -0.05) is 0 Å². The van der Waals surface area contributed by atoms with Gasteiger partial charge in [0.05, 0.1) is 19.0 Å². The number of anilines is 1. The summed E-state index contributed by atoms with van der Waals surface area (Å²) in [5.41, 5.74) is 6.28. The standard InChI is InChI=1S/C17H25BN4O5/c1-11(17(25)22-8-2-3-15(22)18(26)27)21-16(24)12-4-6-13(7-5-12)20-10-14(23)9-19/h4-7,11,15,20,26-27H,2-3,8-10,19H2,1H3,(H,21,24)/t11-,15+/m1/s1. The highest BCUT2D eigenvalue weighted by atomic mass is 16.4. The van der Waals surface area contributed by atoms with Crippen LogP contribution >= 0.6 is 0 Å². The van der Waals surface area contributed by atoms with E-state index in [2.05, 4.69) is 10.6 Å². The minimum Gasteiger partial charge on any atom is -0.426 e. The molecule has 1 heterocycles. The molecule has 1 aliphatic rings. The van der Waals surface area contributed by atoms with Crippen LogP contribution in [0.3, 0.4) is 0 Å². The summed E-state index contributed by atoms with van der Waals surface area (Å²) in [6, 6.07) is 5.68. The number of nitrogens with zero attached hydrogens (tertiary/aromatic N) is 1. The van der Waals surface area contributed by atoms with Crippen molar-refractivity contribution in [1.82, 2.24) is 10.2 Å². The highest BCUT2D eigenvalue weighted by Gasteiger charge is 2.38. The lowest BCUT2D eigenvalue weighted by molar-refractivity contribution is -0.132. The molecule has 2 rings (SSSR count). The first-order valence-corrected chi connectivity index (χ1v) is 8.86. The molecule has 1 saturated heterocycles. The predicted molar refractivity (Wildman–Crippen MR) is 101 cm³/mol. The molecule has 2 amide bonds. The van der Waals surface area contributed by atoms with Gasteiger partial charge in [0, 0.05) is 17.8 Å². The summed E-state index contributed by atoms with van der Waals surface area (Å²) in [5, 5.41) is 24.3. The second kappa shape index (κ2) is 9.49. The van der Waals surface area contributed by atoms with E-state index in [-0.39, 0.29) is 24.8 Å². The van der Waals surface area contributed by atoms with Crippen molar-refractivity contribution in [2.75, 3.05) is 25.0 Å². The maximum Gasteiger partial charge on any atom is 0.475 e. The zero-order valence-corrected chi connectivity index (χ0v) is 15.2. The van der Waals surface area contributed by atoms with E-state index >= 15 is 0 Å². The highest BCUT2D eigenvalue weighted by molar-refractivity contribution is 6.43. The van der Waals surface area contributed by atoms with E-state index in [1.54, 1.807) is 31.2 Å². The number of Topliss-reactive ketones (excluding diaryl/α,β-unsaturated/α-hetero) is 1. The average Bonchev–Trinajstić information content (AvgIpc) is 3.15. The lowest BCUT2D eigenvalue weighted by Crippen LogP contribution is -2.52. The van der Waals surface area contributed by atoms with Gasteiger partial charge in [-0.2, -0.15) is 0 Å². The topological polar surface area (TPSA) is 145 Å². The lowest BCUT2D eigenvalue weighted by atomic mass is 9.78. The van der Waals surface area contributed by atoms with Gasteiger partial charge in [-0.05, 0) is 44.0 Å². The molecule has 0 unspecified atom stereocenters. The minimum absolute atomic E-state index is 0.0371. The number of carbonyl (C=O) groups excluding carboxylic acids is 3. The largest absolute Gasteiger partial charge is 0.475 e. The number of benzene rings is 1. The molecular weight excluding hydrogens is 351 g/mol. The Bertz CT molecular complexity index is 682.